The average Bonchev–Trinajstić information content (AvgIpc) is 3.06. The summed E-state index contributed by atoms with van der Waals surface area (Å²) in [5.74, 6) is 1.58. The normalized spacial score (nSPS) is 17.6. The Morgan fingerprint density at radius 3 is 2.51 bits per heavy atom. The van der Waals surface area contributed by atoms with Gasteiger partial charge in [0.1, 0.15) is 5.75 Å². The minimum Gasteiger partial charge on any atom is -0.438 e. The van der Waals surface area contributed by atoms with Gasteiger partial charge in [-0.3, -0.25) is 0 Å². The second kappa shape index (κ2) is 12.7. The van der Waals surface area contributed by atoms with E-state index in [1.165, 1.54) is 16.7 Å². The summed E-state index contributed by atoms with van der Waals surface area (Å²) in [5, 5.41) is 19.4. The Morgan fingerprint density at radius 2 is 1.81 bits per heavy atom. The first-order valence-electron chi connectivity index (χ1n) is 13.2. The number of likely N-dealkylation sites (tertiary alicyclic amines) is 1. The zero-order valence-electron chi connectivity index (χ0n) is 21.8. The van der Waals surface area contributed by atoms with Crippen molar-refractivity contribution < 1.29 is 14.9 Å². The first-order valence-corrected chi connectivity index (χ1v) is 13.6. The molecule has 3 aromatic rings. The highest BCUT2D eigenvalue weighted by Crippen LogP contribution is 2.38. The van der Waals surface area contributed by atoms with Gasteiger partial charge >= 0.3 is 0 Å². The van der Waals surface area contributed by atoms with Gasteiger partial charge in [-0.05, 0) is 85.2 Å². The monoisotopic (exact) mass is 520 g/mol. The molecule has 0 saturated carbocycles. The zero-order valence-corrected chi connectivity index (χ0v) is 22.5. The number of hydrogen-bond donors (Lipinski definition) is 2. The van der Waals surface area contributed by atoms with Gasteiger partial charge in [0.05, 0.1) is 5.60 Å². The van der Waals surface area contributed by atoms with Crippen LogP contribution in [0.1, 0.15) is 55.4 Å². The lowest BCUT2D eigenvalue weighted by atomic mass is 9.84. The smallest absolute Gasteiger partial charge is 0.226 e. The Morgan fingerprint density at radius 1 is 1.08 bits per heavy atom. The van der Waals surface area contributed by atoms with Crippen molar-refractivity contribution in [2.24, 2.45) is 0 Å². The van der Waals surface area contributed by atoms with Crippen molar-refractivity contribution in [3.8, 4) is 11.6 Å². The Labute approximate surface area is 225 Å². The van der Waals surface area contributed by atoms with E-state index in [-0.39, 0.29) is 6.61 Å². The van der Waals surface area contributed by atoms with E-state index < -0.39 is 5.60 Å². The molecule has 0 unspecified atom stereocenters. The van der Waals surface area contributed by atoms with E-state index in [0.717, 1.165) is 68.6 Å². The largest absolute Gasteiger partial charge is 0.438 e. The van der Waals surface area contributed by atoms with E-state index in [0.29, 0.717) is 10.9 Å². The molecule has 1 saturated heterocycles. The van der Waals surface area contributed by atoms with Crippen LogP contribution in [-0.4, -0.2) is 46.3 Å². The van der Waals surface area contributed by atoms with E-state index in [9.17, 15) is 5.11 Å². The van der Waals surface area contributed by atoms with Crippen LogP contribution in [-0.2, 0) is 18.4 Å². The van der Waals surface area contributed by atoms with Crippen LogP contribution < -0.4 is 4.74 Å². The summed E-state index contributed by atoms with van der Waals surface area (Å²) >= 11 is 6.02. The summed E-state index contributed by atoms with van der Waals surface area (Å²) < 4.78 is 6.20. The molecule has 2 aliphatic heterocycles. The summed E-state index contributed by atoms with van der Waals surface area (Å²) in [5.41, 5.74) is 5.09. The van der Waals surface area contributed by atoms with Gasteiger partial charge in [-0.15, -0.1) is 0 Å². The minimum absolute atomic E-state index is 0.250. The van der Waals surface area contributed by atoms with Gasteiger partial charge in [-0.1, -0.05) is 48.9 Å². The number of fused-ring (bicyclic) bond motifs is 2. The summed E-state index contributed by atoms with van der Waals surface area (Å²) in [6.07, 6.45) is 8.41. The topological polar surface area (TPSA) is 65.8 Å². The maximum Gasteiger partial charge on any atom is 0.226 e. The Balaban J connectivity index is 0.00000102. The quantitative estimate of drug-likeness (QED) is 0.407. The molecule has 0 aliphatic carbocycles. The lowest BCUT2D eigenvalue weighted by Gasteiger charge is -2.38. The van der Waals surface area contributed by atoms with Crippen molar-refractivity contribution in [2.75, 3.05) is 26.2 Å². The van der Waals surface area contributed by atoms with Crippen molar-refractivity contribution in [3.63, 3.8) is 0 Å². The molecule has 0 spiro atoms. The van der Waals surface area contributed by atoms with Crippen LogP contribution in [0.5, 0.6) is 11.6 Å². The molecule has 2 aliphatic rings. The van der Waals surface area contributed by atoms with Crippen molar-refractivity contribution in [2.45, 2.75) is 51.6 Å². The number of rotatable bonds is 5. The van der Waals surface area contributed by atoms with E-state index >= 15 is 0 Å². The third-order valence-corrected chi connectivity index (χ3v) is 7.39. The Bertz CT molecular complexity index is 1200. The van der Waals surface area contributed by atoms with Crippen LogP contribution in [0, 0.1) is 0 Å². The number of hydrogen-bond acceptors (Lipinski definition) is 5. The number of ether oxygens (including phenoxy) is 1. The van der Waals surface area contributed by atoms with E-state index in [2.05, 4.69) is 47.1 Å². The Kier molecular flexibility index (Phi) is 9.38. The predicted octanol–water partition coefficient (Wildman–Crippen LogP) is 6.40. The molecule has 196 valence electrons. The summed E-state index contributed by atoms with van der Waals surface area (Å²) in [6, 6.07) is 18.2. The molecule has 37 heavy (non-hydrogen) atoms. The number of allylic oxidation sites excluding steroid dienone is 1. The van der Waals surface area contributed by atoms with Crippen molar-refractivity contribution in [1.29, 1.82) is 0 Å². The van der Waals surface area contributed by atoms with Crippen LogP contribution in [0.15, 0.2) is 66.9 Å². The van der Waals surface area contributed by atoms with Crippen LogP contribution in [0.25, 0.3) is 5.57 Å². The summed E-state index contributed by atoms with van der Waals surface area (Å²) in [7, 11) is 0. The number of aromatic nitrogens is 1. The van der Waals surface area contributed by atoms with Crippen LogP contribution in [0.3, 0.4) is 0 Å². The number of benzene rings is 2. The number of nitrogens with zero attached hydrogens (tertiary/aromatic N) is 2. The maximum absolute atomic E-state index is 11.2. The summed E-state index contributed by atoms with van der Waals surface area (Å²) in [6.45, 7) is 6.84. The first-order chi connectivity index (χ1) is 18.0. The molecule has 0 atom stereocenters. The maximum atomic E-state index is 11.2. The van der Waals surface area contributed by atoms with Crippen LogP contribution >= 0.6 is 11.6 Å². The molecule has 0 bridgehead atoms. The SMILES string of the molecule is CCO.CCc1ccc2c(c1)CC(=CCCN1CCC(O)(c3ccc(Cl)cc3)CC1)c1cccnc1O2. The Hall–Kier alpha value is -2.70. The van der Waals surface area contributed by atoms with Gasteiger partial charge in [-0.25, -0.2) is 4.98 Å². The number of halogens is 1. The van der Waals surface area contributed by atoms with E-state index in [1.807, 2.05) is 30.3 Å². The van der Waals surface area contributed by atoms with Gasteiger partial charge in [0.2, 0.25) is 5.88 Å². The molecular formula is C31H37ClN2O3. The highest BCUT2D eigenvalue weighted by atomic mass is 35.5. The van der Waals surface area contributed by atoms with Crippen LogP contribution in [0.2, 0.25) is 5.02 Å². The highest BCUT2D eigenvalue weighted by molar-refractivity contribution is 6.30. The van der Waals surface area contributed by atoms with Crippen molar-refractivity contribution in [3.05, 3.63) is 94.1 Å². The fourth-order valence-electron chi connectivity index (χ4n) is 5.01. The van der Waals surface area contributed by atoms with Gasteiger partial charge < -0.3 is 19.8 Å². The lowest BCUT2D eigenvalue weighted by Crippen LogP contribution is -2.42. The molecule has 5 nitrogen and oxygen atoms in total. The fourth-order valence-corrected chi connectivity index (χ4v) is 5.14. The van der Waals surface area contributed by atoms with Gasteiger partial charge in [-0.2, -0.15) is 0 Å². The molecule has 0 radical (unpaired) electrons. The van der Waals surface area contributed by atoms with E-state index in [4.69, 9.17) is 21.4 Å². The minimum atomic E-state index is -0.760. The third-order valence-electron chi connectivity index (χ3n) is 7.14. The number of piperidine rings is 1. The third kappa shape index (κ3) is 6.79. The molecule has 1 aromatic heterocycles. The highest BCUT2D eigenvalue weighted by Gasteiger charge is 2.33. The molecule has 1 fully saturated rings. The number of aryl methyl sites for hydroxylation is 1. The van der Waals surface area contributed by atoms with Crippen molar-refractivity contribution >= 4 is 17.2 Å². The average molecular weight is 521 g/mol. The lowest BCUT2D eigenvalue weighted by molar-refractivity contribution is -0.0254. The summed E-state index contributed by atoms with van der Waals surface area (Å²) in [4.78, 5) is 6.96. The molecule has 6 heteroatoms. The van der Waals surface area contributed by atoms with Gasteiger partial charge in [0.25, 0.3) is 0 Å². The second-order valence-electron chi connectivity index (χ2n) is 9.64. The standard InChI is InChI=1S/C29H31ClN2O2.C2H6O/c1-2-21-7-12-27-23(19-21)20-22(26-6-3-15-31-28(26)34-27)5-4-16-32-17-13-29(33,14-18-32)24-8-10-25(30)11-9-24;1-2-3/h3,5-12,15,19,33H,2,4,13-14,16-18,20H2,1H3;3H,2H2,1H3. The zero-order chi connectivity index (χ0) is 26.3. The molecular weight excluding hydrogens is 484 g/mol. The van der Waals surface area contributed by atoms with E-state index in [1.54, 1.807) is 13.1 Å². The predicted molar refractivity (Wildman–Crippen MR) is 150 cm³/mol. The second-order valence-corrected chi connectivity index (χ2v) is 10.1. The van der Waals surface area contributed by atoms with Gasteiger partial charge in [0.15, 0.2) is 0 Å². The molecule has 0 amide bonds. The van der Waals surface area contributed by atoms with Crippen LogP contribution in [0.4, 0.5) is 0 Å². The number of aliphatic hydroxyl groups excluding tert-OH is 1. The number of pyridine rings is 1. The molecule has 2 aromatic carbocycles. The number of aliphatic hydroxyl groups is 2. The molecule has 3 heterocycles. The van der Waals surface area contributed by atoms with Crippen molar-refractivity contribution in [1.82, 2.24) is 9.88 Å². The molecule has 2 N–H and O–H groups in total. The first kappa shape index (κ1) is 27.3. The molecule has 5 rings (SSSR count). The fraction of sp³-hybridized carbons (Fsp3) is 0.387. The van der Waals surface area contributed by atoms with Gasteiger partial charge in [0, 0.05) is 49.4 Å².